The van der Waals surface area contributed by atoms with Crippen molar-refractivity contribution in [1.29, 1.82) is 0 Å². The van der Waals surface area contributed by atoms with Gasteiger partial charge >= 0.3 is 0 Å². The molecule has 0 amide bonds. The minimum Gasteiger partial charge on any atom is -0.381 e. The summed E-state index contributed by atoms with van der Waals surface area (Å²) in [6.45, 7) is 2.91. The van der Waals surface area contributed by atoms with Gasteiger partial charge in [-0.2, -0.15) is 0 Å². The fourth-order valence-corrected chi connectivity index (χ4v) is 4.22. The Labute approximate surface area is 122 Å². The van der Waals surface area contributed by atoms with Gasteiger partial charge < -0.3 is 4.74 Å². The molecule has 19 heavy (non-hydrogen) atoms. The number of ether oxygens (including phenoxy) is 1. The number of halogens is 1. The van der Waals surface area contributed by atoms with Gasteiger partial charge in [-0.15, -0.1) is 0 Å². The number of rotatable bonds is 4. The molecule has 0 aliphatic carbocycles. The molecule has 1 saturated heterocycles. The van der Waals surface area contributed by atoms with Crippen molar-refractivity contribution in [2.45, 2.75) is 31.1 Å². The van der Waals surface area contributed by atoms with Gasteiger partial charge in [-0.3, -0.25) is 0 Å². The molecule has 1 fully saturated rings. The van der Waals surface area contributed by atoms with Crippen LogP contribution in [0.4, 0.5) is 0 Å². The van der Waals surface area contributed by atoms with Crippen molar-refractivity contribution < 1.29 is 13.2 Å². The van der Waals surface area contributed by atoms with Crippen molar-refractivity contribution in [1.82, 2.24) is 4.72 Å². The van der Waals surface area contributed by atoms with E-state index in [2.05, 4.69) is 20.7 Å². The molecule has 4 nitrogen and oxygen atoms in total. The topological polar surface area (TPSA) is 55.4 Å². The molecule has 1 heterocycles. The zero-order valence-electron chi connectivity index (χ0n) is 10.8. The molecule has 0 spiro atoms. The first-order valence-corrected chi connectivity index (χ1v) is 8.67. The molecule has 1 aromatic carbocycles. The first kappa shape index (κ1) is 15.0. The van der Waals surface area contributed by atoms with Gasteiger partial charge in [-0.25, -0.2) is 13.1 Å². The largest absolute Gasteiger partial charge is 0.381 e. The van der Waals surface area contributed by atoms with Crippen LogP contribution in [-0.2, 0) is 14.8 Å². The monoisotopic (exact) mass is 347 g/mol. The number of nitrogens with one attached hydrogen (secondary N) is 1. The van der Waals surface area contributed by atoms with Crippen LogP contribution in [0.2, 0.25) is 0 Å². The van der Waals surface area contributed by atoms with E-state index in [1.165, 1.54) is 0 Å². The Hall–Kier alpha value is -0.430. The zero-order valence-corrected chi connectivity index (χ0v) is 13.2. The summed E-state index contributed by atoms with van der Waals surface area (Å²) >= 11 is 3.39. The molecule has 1 aromatic rings. The van der Waals surface area contributed by atoms with Crippen molar-refractivity contribution in [3.05, 3.63) is 34.3 Å². The lowest BCUT2D eigenvalue weighted by Crippen LogP contribution is -2.39. The van der Waals surface area contributed by atoms with Gasteiger partial charge in [0.25, 0.3) is 0 Å². The average Bonchev–Trinajstić information content (AvgIpc) is 2.39. The van der Waals surface area contributed by atoms with Crippen molar-refractivity contribution in [2.24, 2.45) is 0 Å². The van der Waals surface area contributed by atoms with Crippen LogP contribution in [-0.4, -0.2) is 26.9 Å². The Kier molecular flexibility index (Phi) is 5.00. The van der Waals surface area contributed by atoms with Gasteiger partial charge in [0.2, 0.25) is 10.0 Å². The molecular formula is C13H18BrNO3S. The van der Waals surface area contributed by atoms with Crippen LogP contribution >= 0.6 is 15.9 Å². The van der Waals surface area contributed by atoms with Gasteiger partial charge in [-0.1, -0.05) is 28.1 Å². The fourth-order valence-electron chi connectivity index (χ4n) is 2.17. The summed E-state index contributed by atoms with van der Waals surface area (Å²) in [4.78, 5) is 0. The predicted molar refractivity (Wildman–Crippen MR) is 78.5 cm³/mol. The SMILES string of the molecule is CC(NS(=O)(=O)C1CCOCC1)c1cccc(Br)c1. The van der Waals surface area contributed by atoms with E-state index >= 15 is 0 Å². The second-order valence-electron chi connectivity index (χ2n) is 4.75. The van der Waals surface area contributed by atoms with E-state index in [0.29, 0.717) is 26.1 Å². The van der Waals surface area contributed by atoms with Crippen molar-refractivity contribution in [3.63, 3.8) is 0 Å². The molecule has 1 atom stereocenters. The molecule has 1 N–H and O–H groups in total. The van der Waals surface area contributed by atoms with Crippen LogP contribution in [0.15, 0.2) is 28.7 Å². The fraction of sp³-hybridized carbons (Fsp3) is 0.538. The number of hydrogen-bond acceptors (Lipinski definition) is 3. The van der Waals surface area contributed by atoms with E-state index < -0.39 is 10.0 Å². The Morgan fingerprint density at radius 3 is 2.68 bits per heavy atom. The zero-order chi connectivity index (χ0) is 13.9. The lowest BCUT2D eigenvalue weighted by molar-refractivity contribution is 0.0981. The van der Waals surface area contributed by atoms with Gasteiger partial charge in [-0.05, 0) is 37.5 Å². The number of benzene rings is 1. The Bertz CT molecular complexity index is 526. The summed E-state index contributed by atoms with van der Waals surface area (Å²) in [5, 5.41) is -0.337. The lowest BCUT2D eigenvalue weighted by Gasteiger charge is -2.24. The maximum absolute atomic E-state index is 12.3. The van der Waals surface area contributed by atoms with Gasteiger partial charge in [0.05, 0.1) is 5.25 Å². The Morgan fingerprint density at radius 2 is 2.05 bits per heavy atom. The lowest BCUT2D eigenvalue weighted by atomic mass is 10.1. The summed E-state index contributed by atoms with van der Waals surface area (Å²) in [6, 6.07) is 7.44. The summed E-state index contributed by atoms with van der Waals surface area (Å²) < 4.78 is 33.5. The standard InChI is InChI=1S/C13H18BrNO3S/c1-10(11-3-2-4-12(14)9-11)15-19(16,17)13-5-7-18-8-6-13/h2-4,9-10,13,15H,5-8H2,1H3. The third kappa shape index (κ3) is 4.02. The molecule has 1 aliphatic rings. The summed E-state index contributed by atoms with van der Waals surface area (Å²) in [5.41, 5.74) is 0.949. The maximum Gasteiger partial charge on any atom is 0.215 e. The predicted octanol–water partition coefficient (Wildman–Crippen LogP) is 2.61. The smallest absolute Gasteiger partial charge is 0.215 e. The number of sulfonamides is 1. The van der Waals surface area contributed by atoms with E-state index in [0.717, 1.165) is 10.0 Å². The molecule has 0 bridgehead atoms. The van der Waals surface area contributed by atoms with Gasteiger partial charge in [0.1, 0.15) is 0 Å². The minimum atomic E-state index is -3.29. The summed E-state index contributed by atoms with van der Waals surface area (Å²) in [7, 11) is -3.29. The second-order valence-corrected chi connectivity index (χ2v) is 7.66. The number of hydrogen-bond donors (Lipinski definition) is 1. The molecule has 0 radical (unpaired) electrons. The van der Waals surface area contributed by atoms with Crippen LogP contribution < -0.4 is 4.72 Å². The highest BCUT2D eigenvalue weighted by Crippen LogP contribution is 2.21. The molecule has 1 unspecified atom stereocenters. The van der Waals surface area contributed by atoms with E-state index in [1.54, 1.807) is 0 Å². The summed E-state index contributed by atoms with van der Waals surface area (Å²) in [6.07, 6.45) is 1.14. The Balaban J connectivity index is 2.07. The molecule has 2 rings (SSSR count). The average molecular weight is 348 g/mol. The molecule has 1 aliphatic heterocycles. The first-order chi connectivity index (χ1) is 8.99. The molecule has 6 heteroatoms. The van der Waals surface area contributed by atoms with Crippen LogP contribution in [0, 0.1) is 0 Å². The molecule has 106 valence electrons. The minimum absolute atomic E-state index is 0.231. The molecular weight excluding hydrogens is 330 g/mol. The maximum atomic E-state index is 12.3. The van der Waals surface area contributed by atoms with Crippen molar-refractivity contribution >= 4 is 26.0 Å². The van der Waals surface area contributed by atoms with E-state index in [4.69, 9.17) is 4.74 Å². The third-order valence-corrected chi connectivity index (χ3v) is 5.82. The van der Waals surface area contributed by atoms with Crippen molar-refractivity contribution in [2.75, 3.05) is 13.2 Å². The Morgan fingerprint density at radius 1 is 1.37 bits per heavy atom. The quantitative estimate of drug-likeness (QED) is 0.910. The van der Waals surface area contributed by atoms with Crippen molar-refractivity contribution in [3.8, 4) is 0 Å². The van der Waals surface area contributed by atoms with Crippen LogP contribution in [0.25, 0.3) is 0 Å². The van der Waals surface area contributed by atoms with Crippen LogP contribution in [0.1, 0.15) is 31.4 Å². The van der Waals surface area contributed by atoms with Gasteiger partial charge in [0.15, 0.2) is 0 Å². The van der Waals surface area contributed by atoms with Gasteiger partial charge in [0, 0.05) is 23.7 Å². The van der Waals surface area contributed by atoms with E-state index in [9.17, 15) is 8.42 Å². The van der Waals surface area contributed by atoms with E-state index in [-0.39, 0.29) is 11.3 Å². The highest BCUT2D eigenvalue weighted by Gasteiger charge is 2.29. The highest BCUT2D eigenvalue weighted by atomic mass is 79.9. The summed E-state index contributed by atoms with van der Waals surface area (Å²) in [5.74, 6) is 0. The first-order valence-electron chi connectivity index (χ1n) is 6.33. The molecule has 0 saturated carbocycles. The molecule has 0 aromatic heterocycles. The highest BCUT2D eigenvalue weighted by molar-refractivity contribution is 9.10. The normalized spacial score (nSPS) is 19.3. The van der Waals surface area contributed by atoms with E-state index in [1.807, 2.05) is 31.2 Å². The van der Waals surface area contributed by atoms with Crippen LogP contribution in [0.3, 0.4) is 0 Å². The third-order valence-electron chi connectivity index (χ3n) is 3.30. The second kappa shape index (κ2) is 6.35. The van der Waals surface area contributed by atoms with Crippen LogP contribution in [0.5, 0.6) is 0 Å².